The van der Waals surface area contributed by atoms with Gasteiger partial charge in [0.2, 0.25) is 0 Å². The second-order valence-electron chi connectivity index (χ2n) is 6.21. The molecule has 1 atom stereocenters. The Morgan fingerprint density at radius 1 is 1.12 bits per heavy atom. The van der Waals surface area contributed by atoms with Crippen molar-refractivity contribution in [2.45, 2.75) is 39.3 Å². The van der Waals surface area contributed by atoms with E-state index in [1.54, 1.807) is 42.5 Å². The Morgan fingerprint density at radius 3 is 2.36 bits per heavy atom. The van der Waals surface area contributed by atoms with Crippen LogP contribution in [-0.4, -0.2) is 18.0 Å². The number of carbonyl (C=O) groups is 2. The lowest BCUT2D eigenvalue weighted by molar-refractivity contribution is -0.306. The van der Waals surface area contributed by atoms with Crippen molar-refractivity contribution >= 4 is 11.9 Å². The van der Waals surface area contributed by atoms with Crippen LogP contribution in [-0.2, 0) is 4.79 Å². The molecule has 0 fully saturated rings. The smallest absolute Gasteiger partial charge is 0.251 e. The second-order valence-corrected chi connectivity index (χ2v) is 6.21. The van der Waals surface area contributed by atoms with Gasteiger partial charge in [-0.15, -0.1) is 0 Å². The monoisotopic (exact) mass is 340 g/mol. The maximum atomic E-state index is 12.4. The average Bonchev–Trinajstić information content (AvgIpc) is 2.54. The van der Waals surface area contributed by atoms with E-state index in [0.717, 1.165) is 5.56 Å². The van der Waals surface area contributed by atoms with Gasteiger partial charge < -0.3 is 20.0 Å². The number of nitrogens with one attached hydrogen (secondary N) is 1. The van der Waals surface area contributed by atoms with Crippen molar-refractivity contribution in [1.29, 1.82) is 0 Å². The van der Waals surface area contributed by atoms with E-state index in [1.165, 1.54) is 0 Å². The third-order valence-corrected chi connectivity index (χ3v) is 3.61. The molecular weight excluding hydrogens is 318 g/mol. The zero-order valence-corrected chi connectivity index (χ0v) is 14.6. The summed E-state index contributed by atoms with van der Waals surface area (Å²) in [7, 11) is 0. The van der Waals surface area contributed by atoms with E-state index >= 15 is 0 Å². The lowest BCUT2D eigenvalue weighted by Crippen LogP contribution is -2.34. The number of carboxylic acids is 1. The van der Waals surface area contributed by atoms with Crippen LogP contribution in [0.2, 0.25) is 0 Å². The van der Waals surface area contributed by atoms with Crippen LogP contribution in [0.15, 0.2) is 48.5 Å². The summed E-state index contributed by atoms with van der Waals surface area (Å²) in [6.07, 6.45) is -0.257. The molecule has 132 valence electrons. The number of carboxylic acid groups (broad SMARTS) is 1. The first-order valence-corrected chi connectivity index (χ1v) is 8.19. The van der Waals surface area contributed by atoms with E-state index < -0.39 is 12.0 Å². The summed E-state index contributed by atoms with van der Waals surface area (Å²) in [6.45, 7) is 5.74. The molecule has 1 amide bonds. The number of rotatable bonds is 7. The Balaban J connectivity index is 2.18. The molecule has 0 aliphatic heterocycles. The number of aliphatic carboxylic acids is 1. The third-order valence-electron chi connectivity index (χ3n) is 3.61. The quantitative estimate of drug-likeness (QED) is 0.839. The Kier molecular flexibility index (Phi) is 6.17. The van der Waals surface area contributed by atoms with Crippen LogP contribution in [0.3, 0.4) is 0 Å². The van der Waals surface area contributed by atoms with Crippen molar-refractivity contribution in [3.05, 3.63) is 65.2 Å². The molecule has 0 radical (unpaired) electrons. The van der Waals surface area contributed by atoms with Crippen molar-refractivity contribution in [1.82, 2.24) is 5.32 Å². The fourth-order valence-electron chi connectivity index (χ4n) is 2.50. The molecule has 2 aromatic carbocycles. The average molecular weight is 340 g/mol. The first-order chi connectivity index (χ1) is 11.8. The summed E-state index contributed by atoms with van der Waals surface area (Å²) < 4.78 is 5.58. The number of hydrogen-bond donors (Lipinski definition) is 1. The van der Waals surface area contributed by atoms with Gasteiger partial charge in [-0.05, 0) is 50.6 Å². The van der Waals surface area contributed by atoms with E-state index in [0.29, 0.717) is 16.9 Å². The van der Waals surface area contributed by atoms with Crippen LogP contribution in [0.4, 0.5) is 0 Å². The van der Waals surface area contributed by atoms with E-state index in [9.17, 15) is 14.7 Å². The molecule has 2 rings (SSSR count). The largest absolute Gasteiger partial charge is 0.550 e. The SMILES string of the molecule is Cc1cccc(C(=O)N[C@H](CC(=O)[O-])c2ccc(OC(C)C)cc2)c1. The van der Waals surface area contributed by atoms with Crippen molar-refractivity contribution in [3.63, 3.8) is 0 Å². The standard InChI is InChI=1S/C20H23NO4/c1-13(2)25-17-9-7-15(8-10-17)18(12-19(22)23)21-20(24)16-6-4-5-14(3)11-16/h4-11,13,18H,12H2,1-3H3,(H,21,24)(H,22,23)/p-1/t18-/m1/s1. The minimum atomic E-state index is -1.22. The molecule has 0 aliphatic carbocycles. The first kappa shape index (κ1) is 18.5. The summed E-state index contributed by atoms with van der Waals surface area (Å²) in [5.41, 5.74) is 2.13. The summed E-state index contributed by atoms with van der Waals surface area (Å²) in [6, 6.07) is 13.5. The maximum Gasteiger partial charge on any atom is 0.251 e. The number of hydrogen-bond acceptors (Lipinski definition) is 4. The summed E-state index contributed by atoms with van der Waals surface area (Å²) in [4.78, 5) is 23.5. The molecule has 0 aliphatic rings. The summed E-state index contributed by atoms with van der Waals surface area (Å²) >= 11 is 0. The molecule has 0 saturated carbocycles. The zero-order chi connectivity index (χ0) is 18.4. The molecular formula is C20H22NO4-. The fraction of sp³-hybridized carbons (Fsp3) is 0.300. The number of amides is 1. The molecule has 25 heavy (non-hydrogen) atoms. The molecule has 5 nitrogen and oxygen atoms in total. The Bertz CT molecular complexity index is 738. The van der Waals surface area contributed by atoms with E-state index in [1.807, 2.05) is 26.8 Å². The van der Waals surface area contributed by atoms with Crippen LogP contribution in [0.25, 0.3) is 0 Å². The highest BCUT2D eigenvalue weighted by molar-refractivity contribution is 5.94. The first-order valence-electron chi connectivity index (χ1n) is 8.19. The van der Waals surface area contributed by atoms with Gasteiger partial charge in [0, 0.05) is 18.0 Å². The van der Waals surface area contributed by atoms with Crippen LogP contribution in [0.5, 0.6) is 5.75 Å². The predicted molar refractivity (Wildman–Crippen MR) is 93.2 cm³/mol. The molecule has 0 bridgehead atoms. The fourth-order valence-corrected chi connectivity index (χ4v) is 2.50. The van der Waals surface area contributed by atoms with E-state index in [-0.39, 0.29) is 18.4 Å². The molecule has 0 spiro atoms. The van der Waals surface area contributed by atoms with E-state index in [2.05, 4.69) is 5.32 Å². The molecule has 0 heterocycles. The van der Waals surface area contributed by atoms with Gasteiger partial charge in [-0.3, -0.25) is 4.79 Å². The summed E-state index contributed by atoms with van der Waals surface area (Å²) in [5, 5.41) is 13.8. The minimum Gasteiger partial charge on any atom is -0.550 e. The van der Waals surface area contributed by atoms with Gasteiger partial charge in [0.05, 0.1) is 12.1 Å². The van der Waals surface area contributed by atoms with Crippen molar-refractivity contribution in [2.75, 3.05) is 0 Å². The summed E-state index contributed by atoms with van der Waals surface area (Å²) in [5.74, 6) is -0.856. The number of aryl methyl sites for hydroxylation is 1. The highest BCUT2D eigenvalue weighted by Crippen LogP contribution is 2.21. The number of benzene rings is 2. The normalized spacial score (nSPS) is 11.8. The van der Waals surface area contributed by atoms with E-state index in [4.69, 9.17) is 4.74 Å². The van der Waals surface area contributed by atoms with Crippen LogP contribution >= 0.6 is 0 Å². The Hall–Kier alpha value is -2.82. The van der Waals surface area contributed by atoms with Gasteiger partial charge in [-0.25, -0.2) is 0 Å². The Morgan fingerprint density at radius 2 is 1.80 bits per heavy atom. The highest BCUT2D eigenvalue weighted by atomic mass is 16.5. The molecule has 5 heteroatoms. The van der Waals surface area contributed by atoms with Gasteiger partial charge >= 0.3 is 0 Å². The minimum absolute atomic E-state index is 0.0471. The van der Waals surface area contributed by atoms with Crippen molar-refractivity contribution in [2.24, 2.45) is 0 Å². The zero-order valence-electron chi connectivity index (χ0n) is 14.6. The number of ether oxygens (including phenoxy) is 1. The molecule has 2 aromatic rings. The molecule has 0 unspecified atom stereocenters. The van der Waals surface area contributed by atoms with Gasteiger partial charge in [0.1, 0.15) is 5.75 Å². The molecule has 0 saturated heterocycles. The van der Waals surface area contributed by atoms with Crippen LogP contribution in [0, 0.1) is 6.92 Å². The van der Waals surface area contributed by atoms with Crippen LogP contribution in [0.1, 0.15) is 47.8 Å². The lowest BCUT2D eigenvalue weighted by Gasteiger charge is -2.20. The van der Waals surface area contributed by atoms with Crippen molar-refractivity contribution < 1.29 is 19.4 Å². The molecule has 1 N–H and O–H groups in total. The maximum absolute atomic E-state index is 12.4. The number of carbonyl (C=O) groups excluding carboxylic acids is 2. The predicted octanol–water partition coefficient (Wildman–Crippen LogP) is 2.39. The van der Waals surface area contributed by atoms with Crippen LogP contribution < -0.4 is 15.2 Å². The van der Waals surface area contributed by atoms with Crippen molar-refractivity contribution in [3.8, 4) is 5.75 Å². The van der Waals surface area contributed by atoms with Gasteiger partial charge in [-0.2, -0.15) is 0 Å². The lowest BCUT2D eigenvalue weighted by atomic mass is 10.0. The molecule has 0 aromatic heterocycles. The third kappa shape index (κ3) is 5.64. The van der Waals surface area contributed by atoms with Gasteiger partial charge in [0.25, 0.3) is 5.91 Å². The topological polar surface area (TPSA) is 78.5 Å². The second kappa shape index (κ2) is 8.33. The van der Waals surface area contributed by atoms with Gasteiger partial charge in [0.15, 0.2) is 0 Å². The highest BCUT2D eigenvalue weighted by Gasteiger charge is 2.16. The van der Waals surface area contributed by atoms with Gasteiger partial charge in [-0.1, -0.05) is 29.8 Å². The Labute approximate surface area is 147 Å².